The van der Waals surface area contributed by atoms with Crippen molar-refractivity contribution in [3.63, 3.8) is 0 Å². The van der Waals surface area contributed by atoms with Gasteiger partial charge in [0.15, 0.2) is 11.5 Å². The van der Waals surface area contributed by atoms with Crippen molar-refractivity contribution in [3.8, 4) is 22.6 Å². The molecular formula is C20H21ClF3N3O4. The third-order valence-electron chi connectivity index (χ3n) is 4.39. The molecule has 7 nitrogen and oxygen atoms in total. The van der Waals surface area contributed by atoms with E-state index in [4.69, 9.17) is 25.6 Å². The molecule has 1 N–H and O–H groups in total. The van der Waals surface area contributed by atoms with E-state index in [1.54, 1.807) is 24.3 Å². The first-order valence-electron chi connectivity index (χ1n) is 9.35. The molecule has 168 valence electrons. The van der Waals surface area contributed by atoms with E-state index >= 15 is 0 Å². The second-order valence-electron chi connectivity index (χ2n) is 6.80. The van der Waals surface area contributed by atoms with Gasteiger partial charge in [-0.05, 0) is 13.0 Å². The summed E-state index contributed by atoms with van der Waals surface area (Å²) in [7, 11) is 1.51. The Balaban J connectivity index is 2.13. The van der Waals surface area contributed by atoms with Crippen molar-refractivity contribution in [1.82, 2.24) is 14.9 Å². The zero-order valence-corrected chi connectivity index (χ0v) is 17.6. The minimum atomic E-state index is -4.74. The topological polar surface area (TPSA) is 82.5 Å². The van der Waals surface area contributed by atoms with E-state index in [0.717, 1.165) is 6.20 Å². The van der Waals surface area contributed by atoms with Gasteiger partial charge >= 0.3 is 6.18 Å². The van der Waals surface area contributed by atoms with Gasteiger partial charge in [0, 0.05) is 12.7 Å². The molecule has 2 aromatic heterocycles. The van der Waals surface area contributed by atoms with Crippen molar-refractivity contribution in [2.75, 3.05) is 20.3 Å². The van der Waals surface area contributed by atoms with Crippen molar-refractivity contribution in [3.05, 3.63) is 46.7 Å². The maximum absolute atomic E-state index is 13.9. The van der Waals surface area contributed by atoms with E-state index in [0.29, 0.717) is 27.4 Å². The summed E-state index contributed by atoms with van der Waals surface area (Å²) >= 11 is 6.27. The Morgan fingerprint density at radius 3 is 2.61 bits per heavy atom. The van der Waals surface area contributed by atoms with E-state index in [1.165, 1.54) is 14.0 Å². The molecule has 0 unspecified atom stereocenters. The predicted molar refractivity (Wildman–Crippen MR) is 106 cm³/mol. The lowest BCUT2D eigenvalue weighted by Gasteiger charge is -2.13. The maximum atomic E-state index is 13.9. The molecule has 0 bridgehead atoms. The molecule has 31 heavy (non-hydrogen) atoms. The molecule has 0 amide bonds. The molecule has 1 aromatic carbocycles. The Bertz CT molecular complexity index is 1020. The second-order valence-corrected chi connectivity index (χ2v) is 7.21. The van der Waals surface area contributed by atoms with Crippen molar-refractivity contribution < 1.29 is 32.3 Å². The van der Waals surface area contributed by atoms with Gasteiger partial charge in [-0.2, -0.15) is 18.3 Å². The van der Waals surface area contributed by atoms with Crippen LogP contribution in [-0.2, 0) is 28.8 Å². The molecule has 3 aromatic rings. The Kier molecular flexibility index (Phi) is 7.37. The van der Waals surface area contributed by atoms with Gasteiger partial charge in [0.1, 0.15) is 5.69 Å². The van der Waals surface area contributed by atoms with Crippen LogP contribution in [0.1, 0.15) is 18.2 Å². The summed E-state index contributed by atoms with van der Waals surface area (Å²) in [6.07, 6.45) is -4.73. The molecule has 1 atom stereocenters. The lowest BCUT2D eigenvalue weighted by atomic mass is 10.0. The summed E-state index contributed by atoms with van der Waals surface area (Å²) in [5.74, 6) is -0.128. The molecule has 0 saturated heterocycles. The van der Waals surface area contributed by atoms with Crippen LogP contribution in [0, 0.1) is 0 Å². The maximum Gasteiger partial charge on any atom is 0.433 e. The van der Waals surface area contributed by atoms with Crippen LogP contribution in [0.15, 0.2) is 35.0 Å². The van der Waals surface area contributed by atoms with Crippen LogP contribution in [0.4, 0.5) is 13.2 Å². The van der Waals surface area contributed by atoms with E-state index < -0.39 is 18.0 Å². The molecule has 0 aliphatic heterocycles. The Morgan fingerprint density at radius 1 is 1.23 bits per heavy atom. The molecule has 0 saturated carbocycles. The van der Waals surface area contributed by atoms with Crippen molar-refractivity contribution in [2.45, 2.75) is 32.4 Å². The van der Waals surface area contributed by atoms with Crippen LogP contribution in [0.5, 0.6) is 0 Å². The predicted octanol–water partition coefficient (Wildman–Crippen LogP) is 4.42. The van der Waals surface area contributed by atoms with Crippen LogP contribution in [-0.4, -0.2) is 46.5 Å². The summed E-state index contributed by atoms with van der Waals surface area (Å²) in [6, 6.07) is 6.78. The van der Waals surface area contributed by atoms with Gasteiger partial charge in [-0.1, -0.05) is 35.0 Å². The van der Waals surface area contributed by atoms with Gasteiger partial charge < -0.3 is 19.1 Å². The highest BCUT2D eigenvalue weighted by atomic mass is 35.5. The lowest BCUT2D eigenvalue weighted by molar-refractivity contribution is -0.144. The smallest absolute Gasteiger partial charge is 0.391 e. The number of alkyl halides is 3. The zero-order chi connectivity index (χ0) is 22.6. The fraction of sp³-hybridized carbons (Fsp3) is 0.400. The fourth-order valence-corrected chi connectivity index (χ4v) is 3.30. The Labute approximate surface area is 181 Å². The Morgan fingerprint density at radius 2 is 1.97 bits per heavy atom. The molecule has 0 aliphatic carbocycles. The fourth-order valence-electron chi connectivity index (χ4n) is 3.08. The third kappa shape index (κ3) is 5.27. The van der Waals surface area contributed by atoms with Crippen LogP contribution >= 0.6 is 11.6 Å². The molecule has 2 heterocycles. The van der Waals surface area contributed by atoms with Crippen LogP contribution < -0.4 is 0 Å². The number of rotatable bonds is 9. The van der Waals surface area contributed by atoms with Crippen LogP contribution in [0.3, 0.4) is 0 Å². The van der Waals surface area contributed by atoms with Crippen molar-refractivity contribution >= 4 is 11.6 Å². The number of hydrogen-bond acceptors (Lipinski definition) is 6. The summed E-state index contributed by atoms with van der Waals surface area (Å²) < 4.78 is 58.2. The van der Waals surface area contributed by atoms with E-state index in [1.807, 2.05) is 0 Å². The van der Waals surface area contributed by atoms with E-state index in [9.17, 15) is 18.3 Å². The number of aliphatic hydroxyl groups excluding tert-OH is 1. The number of halogens is 4. The minimum absolute atomic E-state index is 0.0817. The summed E-state index contributed by atoms with van der Waals surface area (Å²) in [5, 5.41) is 17.7. The van der Waals surface area contributed by atoms with Crippen molar-refractivity contribution in [1.29, 1.82) is 0 Å². The highest BCUT2D eigenvalue weighted by Crippen LogP contribution is 2.41. The van der Waals surface area contributed by atoms with Gasteiger partial charge in [0.25, 0.3) is 0 Å². The first-order valence-corrected chi connectivity index (χ1v) is 9.73. The molecule has 3 rings (SSSR count). The number of methoxy groups -OCH3 is 1. The summed E-state index contributed by atoms with van der Waals surface area (Å²) in [6.45, 7) is 1.49. The number of ether oxygens (including phenoxy) is 2. The number of aromatic nitrogens is 3. The average molecular weight is 460 g/mol. The molecule has 0 spiro atoms. The molecular weight excluding hydrogens is 439 g/mol. The van der Waals surface area contributed by atoms with E-state index in [2.05, 4.69) is 10.3 Å². The van der Waals surface area contributed by atoms with E-state index in [-0.39, 0.29) is 36.8 Å². The SMILES string of the molecule is COCCOCc1c(-c2ccccc2Cl)noc1-c1cnn(C[C@H](C)O)c1C(F)(F)F. The normalized spacial score (nSPS) is 13.0. The summed E-state index contributed by atoms with van der Waals surface area (Å²) in [4.78, 5) is 0. The average Bonchev–Trinajstić information content (AvgIpc) is 3.29. The zero-order valence-electron chi connectivity index (χ0n) is 16.8. The molecule has 0 radical (unpaired) electrons. The standard InChI is InChI=1S/C20H21ClF3N3O4/c1-12(28)10-27-19(20(22,23)24)14(9-25-27)18-15(11-30-8-7-29-2)17(26-31-18)13-5-3-4-6-16(13)21/h3-6,9,12,28H,7-8,10-11H2,1-2H3/t12-/m0/s1. The van der Waals surface area contributed by atoms with Crippen LogP contribution in [0.25, 0.3) is 22.6 Å². The van der Waals surface area contributed by atoms with Gasteiger partial charge in [-0.3, -0.25) is 4.68 Å². The molecule has 0 aliphatic rings. The van der Waals surface area contributed by atoms with Gasteiger partial charge in [0.2, 0.25) is 0 Å². The monoisotopic (exact) mass is 459 g/mol. The molecule has 11 heteroatoms. The Hall–Kier alpha value is -2.40. The third-order valence-corrected chi connectivity index (χ3v) is 4.71. The number of aliphatic hydroxyl groups is 1. The number of hydrogen-bond donors (Lipinski definition) is 1. The largest absolute Gasteiger partial charge is 0.433 e. The van der Waals surface area contributed by atoms with Crippen LogP contribution in [0.2, 0.25) is 5.02 Å². The van der Waals surface area contributed by atoms with Gasteiger partial charge in [0.05, 0.1) is 54.8 Å². The van der Waals surface area contributed by atoms with Gasteiger partial charge in [-0.25, -0.2) is 0 Å². The van der Waals surface area contributed by atoms with Gasteiger partial charge in [-0.15, -0.1) is 0 Å². The highest BCUT2D eigenvalue weighted by molar-refractivity contribution is 6.33. The summed E-state index contributed by atoms with van der Waals surface area (Å²) in [5.41, 5.74) is -0.284. The molecule has 0 fully saturated rings. The quantitative estimate of drug-likeness (QED) is 0.477. The second kappa shape index (κ2) is 9.82. The first-order chi connectivity index (χ1) is 14.7. The number of nitrogens with zero attached hydrogens (tertiary/aromatic N) is 3. The van der Waals surface area contributed by atoms with Crippen molar-refractivity contribution in [2.24, 2.45) is 0 Å². The minimum Gasteiger partial charge on any atom is -0.391 e. The highest BCUT2D eigenvalue weighted by Gasteiger charge is 2.40. The first kappa shape index (κ1) is 23.3. The lowest BCUT2D eigenvalue weighted by Crippen LogP contribution is -2.21. The number of benzene rings is 1.